The molecule has 6 nitrogen and oxygen atoms in total. The molecule has 0 fully saturated rings. The SMILES string of the molecule is COc1cc(Cl)nc(NC(=O)c2cc(C)cc(N)c2)n1. The summed E-state index contributed by atoms with van der Waals surface area (Å²) < 4.78 is 4.95. The first-order valence-electron chi connectivity index (χ1n) is 5.75. The molecule has 0 saturated carbocycles. The van der Waals surface area contributed by atoms with Gasteiger partial charge < -0.3 is 10.5 Å². The molecule has 0 aliphatic rings. The number of halogens is 1. The minimum atomic E-state index is -0.371. The Labute approximate surface area is 120 Å². The third-order valence-electron chi connectivity index (χ3n) is 2.47. The molecule has 1 heterocycles. The molecule has 2 aromatic rings. The van der Waals surface area contributed by atoms with Crippen LogP contribution in [0.2, 0.25) is 5.15 Å². The highest BCUT2D eigenvalue weighted by Gasteiger charge is 2.11. The first kappa shape index (κ1) is 14.1. The zero-order chi connectivity index (χ0) is 14.7. The van der Waals surface area contributed by atoms with E-state index in [-0.39, 0.29) is 22.9 Å². The van der Waals surface area contributed by atoms with Crippen LogP contribution in [0.1, 0.15) is 15.9 Å². The van der Waals surface area contributed by atoms with Crippen LogP contribution in [0, 0.1) is 6.92 Å². The Kier molecular flexibility index (Phi) is 4.05. The monoisotopic (exact) mass is 292 g/mol. The molecule has 0 spiro atoms. The number of anilines is 2. The topological polar surface area (TPSA) is 90.1 Å². The number of carbonyl (C=O) groups excluding carboxylic acids is 1. The zero-order valence-electron chi connectivity index (χ0n) is 11.0. The molecule has 0 radical (unpaired) electrons. The first-order chi connectivity index (χ1) is 9.47. The number of rotatable bonds is 3. The fraction of sp³-hybridized carbons (Fsp3) is 0.154. The van der Waals surface area contributed by atoms with E-state index in [0.717, 1.165) is 5.56 Å². The molecule has 7 heteroatoms. The number of amides is 1. The third kappa shape index (κ3) is 3.36. The van der Waals surface area contributed by atoms with Crippen molar-refractivity contribution in [3.05, 3.63) is 40.5 Å². The van der Waals surface area contributed by atoms with Crippen LogP contribution in [0.4, 0.5) is 11.6 Å². The molecule has 104 valence electrons. The lowest BCUT2D eigenvalue weighted by Crippen LogP contribution is -2.15. The summed E-state index contributed by atoms with van der Waals surface area (Å²) >= 11 is 5.81. The maximum absolute atomic E-state index is 12.1. The van der Waals surface area contributed by atoms with Gasteiger partial charge in [-0.15, -0.1) is 0 Å². The molecule has 0 unspecified atom stereocenters. The van der Waals surface area contributed by atoms with Gasteiger partial charge in [0.15, 0.2) is 0 Å². The number of hydrogen-bond acceptors (Lipinski definition) is 5. The minimum Gasteiger partial charge on any atom is -0.481 e. The number of aromatic nitrogens is 2. The van der Waals surface area contributed by atoms with Gasteiger partial charge in [-0.2, -0.15) is 4.98 Å². The van der Waals surface area contributed by atoms with Crippen LogP contribution in [0.3, 0.4) is 0 Å². The molecule has 0 bridgehead atoms. The molecule has 0 aliphatic heterocycles. The highest BCUT2D eigenvalue weighted by atomic mass is 35.5. The van der Waals surface area contributed by atoms with Crippen molar-refractivity contribution < 1.29 is 9.53 Å². The van der Waals surface area contributed by atoms with Crippen LogP contribution in [-0.4, -0.2) is 23.0 Å². The maximum atomic E-state index is 12.1. The van der Waals surface area contributed by atoms with Gasteiger partial charge in [0.1, 0.15) is 5.15 Å². The number of hydrogen-bond donors (Lipinski definition) is 2. The van der Waals surface area contributed by atoms with Crippen molar-refractivity contribution in [2.45, 2.75) is 6.92 Å². The molecule has 0 saturated heterocycles. The Morgan fingerprint density at radius 2 is 2.05 bits per heavy atom. The van der Waals surface area contributed by atoms with Crippen LogP contribution in [0.5, 0.6) is 5.88 Å². The Balaban J connectivity index is 2.25. The number of nitrogens with zero attached hydrogens (tertiary/aromatic N) is 2. The summed E-state index contributed by atoms with van der Waals surface area (Å²) in [5, 5.41) is 2.72. The van der Waals surface area contributed by atoms with E-state index < -0.39 is 0 Å². The highest BCUT2D eigenvalue weighted by Crippen LogP contribution is 2.17. The van der Waals surface area contributed by atoms with Crippen LogP contribution in [0.25, 0.3) is 0 Å². The van der Waals surface area contributed by atoms with Crippen molar-refractivity contribution in [3.63, 3.8) is 0 Å². The molecule has 2 rings (SSSR count). The van der Waals surface area contributed by atoms with Crippen LogP contribution in [0.15, 0.2) is 24.3 Å². The number of nitrogen functional groups attached to an aromatic ring is 1. The minimum absolute atomic E-state index is 0.0689. The van der Waals surface area contributed by atoms with E-state index >= 15 is 0 Å². The van der Waals surface area contributed by atoms with Crippen LogP contribution >= 0.6 is 11.6 Å². The van der Waals surface area contributed by atoms with Crippen molar-refractivity contribution in [3.8, 4) is 5.88 Å². The summed E-state index contributed by atoms with van der Waals surface area (Å²) in [5.74, 6) is -0.0341. The van der Waals surface area contributed by atoms with E-state index in [1.54, 1.807) is 18.2 Å². The highest BCUT2D eigenvalue weighted by molar-refractivity contribution is 6.29. The summed E-state index contributed by atoms with van der Waals surface area (Å²) in [4.78, 5) is 20.0. The second-order valence-electron chi connectivity index (χ2n) is 4.14. The smallest absolute Gasteiger partial charge is 0.258 e. The summed E-state index contributed by atoms with van der Waals surface area (Å²) in [6.45, 7) is 1.85. The van der Waals surface area contributed by atoms with Crippen LogP contribution in [-0.2, 0) is 0 Å². The number of benzene rings is 1. The van der Waals surface area contributed by atoms with E-state index in [4.69, 9.17) is 22.1 Å². The molecule has 0 atom stereocenters. The average molecular weight is 293 g/mol. The molecule has 1 aromatic heterocycles. The predicted octanol–water partition coefficient (Wildman–Crippen LogP) is 2.28. The van der Waals surface area contributed by atoms with Crippen molar-refractivity contribution in [2.24, 2.45) is 0 Å². The van der Waals surface area contributed by atoms with E-state index in [1.165, 1.54) is 13.2 Å². The standard InChI is InChI=1S/C13H13ClN4O2/c1-7-3-8(5-9(15)4-7)12(19)18-13-16-10(14)6-11(17-13)20-2/h3-6H,15H2,1-2H3,(H,16,17,18,19). The van der Waals surface area contributed by atoms with Gasteiger partial charge in [-0.25, -0.2) is 4.98 Å². The number of methoxy groups -OCH3 is 1. The molecule has 1 aromatic carbocycles. The molecule has 3 N–H and O–H groups in total. The lowest BCUT2D eigenvalue weighted by Gasteiger charge is -2.07. The molecule has 0 aliphatic carbocycles. The second kappa shape index (κ2) is 5.75. The second-order valence-corrected chi connectivity index (χ2v) is 4.53. The summed E-state index contributed by atoms with van der Waals surface area (Å²) in [7, 11) is 1.45. The Hall–Kier alpha value is -2.34. The molecular weight excluding hydrogens is 280 g/mol. The Morgan fingerprint density at radius 1 is 1.30 bits per heavy atom. The average Bonchev–Trinajstić information content (AvgIpc) is 2.36. The summed E-state index contributed by atoms with van der Waals surface area (Å²) in [5.41, 5.74) is 7.53. The predicted molar refractivity (Wildman–Crippen MR) is 77.1 cm³/mol. The van der Waals surface area contributed by atoms with E-state index in [2.05, 4.69) is 15.3 Å². The Bertz CT molecular complexity index is 641. The molecule has 1 amide bonds. The van der Waals surface area contributed by atoms with Gasteiger partial charge in [-0.05, 0) is 30.7 Å². The van der Waals surface area contributed by atoms with E-state index in [1.807, 2.05) is 6.92 Å². The van der Waals surface area contributed by atoms with Gasteiger partial charge >= 0.3 is 0 Å². The molecular formula is C13H13ClN4O2. The normalized spacial score (nSPS) is 10.2. The largest absolute Gasteiger partial charge is 0.481 e. The van der Waals surface area contributed by atoms with Crippen molar-refractivity contribution in [1.29, 1.82) is 0 Å². The van der Waals surface area contributed by atoms with Crippen molar-refractivity contribution >= 4 is 29.1 Å². The van der Waals surface area contributed by atoms with Crippen molar-refractivity contribution in [1.82, 2.24) is 9.97 Å². The Morgan fingerprint density at radius 3 is 2.70 bits per heavy atom. The lowest BCUT2D eigenvalue weighted by molar-refractivity contribution is 0.102. The molecule has 20 heavy (non-hydrogen) atoms. The van der Waals surface area contributed by atoms with E-state index in [9.17, 15) is 4.79 Å². The third-order valence-corrected chi connectivity index (χ3v) is 2.66. The van der Waals surface area contributed by atoms with Gasteiger partial charge in [0.2, 0.25) is 11.8 Å². The van der Waals surface area contributed by atoms with Gasteiger partial charge in [0.25, 0.3) is 5.91 Å². The fourth-order valence-electron chi connectivity index (χ4n) is 1.67. The number of nitrogens with one attached hydrogen (secondary N) is 1. The fourth-order valence-corrected chi connectivity index (χ4v) is 1.85. The van der Waals surface area contributed by atoms with E-state index in [0.29, 0.717) is 11.3 Å². The number of nitrogens with two attached hydrogens (primary N) is 1. The quantitative estimate of drug-likeness (QED) is 0.669. The summed E-state index contributed by atoms with van der Waals surface area (Å²) in [6.07, 6.45) is 0. The van der Waals surface area contributed by atoms with Gasteiger partial charge in [0, 0.05) is 17.3 Å². The van der Waals surface area contributed by atoms with Gasteiger partial charge in [-0.3, -0.25) is 10.1 Å². The summed E-state index contributed by atoms with van der Waals surface area (Å²) in [6, 6.07) is 6.51. The number of ether oxygens (including phenoxy) is 1. The maximum Gasteiger partial charge on any atom is 0.258 e. The van der Waals surface area contributed by atoms with Gasteiger partial charge in [0.05, 0.1) is 7.11 Å². The zero-order valence-corrected chi connectivity index (χ0v) is 11.7. The first-order valence-corrected chi connectivity index (χ1v) is 6.13. The van der Waals surface area contributed by atoms with Crippen LogP contribution < -0.4 is 15.8 Å². The lowest BCUT2D eigenvalue weighted by atomic mass is 10.1. The van der Waals surface area contributed by atoms with Crippen molar-refractivity contribution in [2.75, 3.05) is 18.2 Å². The number of carbonyl (C=O) groups is 1. The number of aryl methyl sites for hydroxylation is 1. The van der Waals surface area contributed by atoms with Gasteiger partial charge in [-0.1, -0.05) is 11.6 Å².